The van der Waals surface area contributed by atoms with E-state index in [1.165, 1.54) is 6.07 Å². The number of benzene rings is 1. The Balaban J connectivity index is 1.95. The topological polar surface area (TPSA) is 79.0 Å². The van der Waals surface area contributed by atoms with Gasteiger partial charge in [0.1, 0.15) is 5.56 Å². The summed E-state index contributed by atoms with van der Waals surface area (Å²) in [5.74, 6) is -0.314. The molecule has 0 spiro atoms. The molecule has 1 aromatic carbocycles. The third kappa shape index (κ3) is 3.02. The molecule has 1 aliphatic carbocycles. The van der Waals surface area contributed by atoms with Crippen molar-refractivity contribution < 1.29 is 9.59 Å². The second-order valence-corrected chi connectivity index (χ2v) is 6.31. The van der Waals surface area contributed by atoms with Crippen LogP contribution in [-0.2, 0) is 12.8 Å². The minimum atomic E-state index is -0.494. The van der Waals surface area contributed by atoms with Crippen molar-refractivity contribution in [1.82, 2.24) is 4.98 Å². The van der Waals surface area contributed by atoms with Gasteiger partial charge in [0.25, 0.3) is 11.5 Å². The maximum atomic E-state index is 12.5. The summed E-state index contributed by atoms with van der Waals surface area (Å²) in [7, 11) is 0. The van der Waals surface area contributed by atoms with Gasteiger partial charge in [-0.05, 0) is 36.5 Å². The number of fused-ring (bicyclic) bond motifs is 1. The zero-order valence-corrected chi connectivity index (χ0v) is 13.8. The van der Waals surface area contributed by atoms with Crippen LogP contribution in [0.5, 0.6) is 0 Å². The Labute approximate surface area is 140 Å². The number of ketones is 1. The number of carbonyl (C=O) groups excluding carboxylic acids is 2. The summed E-state index contributed by atoms with van der Waals surface area (Å²) in [6, 6.07) is 8.90. The van der Waals surface area contributed by atoms with E-state index in [0.29, 0.717) is 29.8 Å². The Morgan fingerprint density at radius 3 is 2.75 bits per heavy atom. The maximum absolute atomic E-state index is 12.5. The number of H-pyrrole nitrogens is 1. The van der Waals surface area contributed by atoms with E-state index in [4.69, 9.17) is 0 Å². The van der Waals surface area contributed by atoms with E-state index < -0.39 is 11.5 Å². The Morgan fingerprint density at radius 2 is 2.00 bits per heavy atom. The van der Waals surface area contributed by atoms with E-state index in [2.05, 4.69) is 10.3 Å². The number of amides is 1. The Morgan fingerprint density at radius 1 is 1.25 bits per heavy atom. The smallest absolute Gasteiger partial charge is 0.261 e. The number of anilines is 1. The van der Waals surface area contributed by atoms with Crippen molar-refractivity contribution >= 4 is 17.4 Å². The molecule has 1 amide bonds. The fraction of sp³-hybridized carbons (Fsp3) is 0.316. The van der Waals surface area contributed by atoms with Gasteiger partial charge in [-0.2, -0.15) is 0 Å². The van der Waals surface area contributed by atoms with Crippen LogP contribution in [0.4, 0.5) is 5.69 Å². The Bertz CT molecular complexity index is 867. The summed E-state index contributed by atoms with van der Waals surface area (Å²) in [5.41, 5.74) is 2.28. The molecule has 1 atom stereocenters. The number of aromatic nitrogens is 1. The second-order valence-electron chi connectivity index (χ2n) is 6.31. The van der Waals surface area contributed by atoms with Crippen LogP contribution in [0, 0.1) is 5.92 Å². The van der Waals surface area contributed by atoms with Crippen molar-refractivity contribution in [3.05, 3.63) is 63.1 Å². The van der Waals surface area contributed by atoms with Crippen molar-refractivity contribution in [1.29, 1.82) is 0 Å². The molecule has 0 radical (unpaired) electrons. The highest BCUT2D eigenvalue weighted by atomic mass is 16.2. The van der Waals surface area contributed by atoms with Gasteiger partial charge in [0, 0.05) is 23.4 Å². The first-order valence-electron chi connectivity index (χ1n) is 8.18. The fourth-order valence-electron chi connectivity index (χ4n) is 3.13. The lowest BCUT2D eigenvalue weighted by Gasteiger charge is -2.20. The van der Waals surface area contributed by atoms with Gasteiger partial charge in [-0.1, -0.05) is 32.0 Å². The van der Waals surface area contributed by atoms with E-state index >= 15 is 0 Å². The third-order valence-corrected chi connectivity index (χ3v) is 4.40. The van der Waals surface area contributed by atoms with E-state index in [0.717, 1.165) is 12.0 Å². The Kier molecular flexibility index (Phi) is 4.34. The molecule has 1 aliphatic rings. The predicted molar refractivity (Wildman–Crippen MR) is 92.7 cm³/mol. The lowest BCUT2D eigenvalue weighted by molar-refractivity contribution is 0.0952. The lowest BCUT2D eigenvalue weighted by atomic mass is 9.86. The number of carbonyl (C=O) groups is 2. The quantitative estimate of drug-likeness (QED) is 0.911. The van der Waals surface area contributed by atoms with Gasteiger partial charge in [0.2, 0.25) is 0 Å². The molecule has 0 saturated carbocycles. The van der Waals surface area contributed by atoms with Gasteiger partial charge in [-0.25, -0.2) is 0 Å². The maximum Gasteiger partial charge on any atom is 0.261 e. The number of nitrogens with one attached hydrogen (secondary N) is 2. The summed E-state index contributed by atoms with van der Waals surface area (Å²) in [6.45, 7) is 3.97. The van der Waals surface area contributed by atoms with Crippen molar-refractivity contribution in [2.75, 3.05) is 5.32 Å². The largest absolute Gasteiger partial charge is 0.325 e. The van der Waals surface area contributed by atoms with Crippen LogP contribution < -0.4 is 10.9 Å². The van der Waals surface area contributed by atoms with Crippen LogP contribution in [0.15, 0.2) is 35.1 Å². The molecule has 1 unspecified atom stereocenters. The molecule has 0 aliphatic heterocycles. The molecule has 1 aromatic heterocycles. The summed E-state index contributed by atoms with van der Waals surface area (Å²) in [4.78, 5) is 39.7. The molecule has 2 aromatic rings. The first-order chi connectivity index (χ1) is 11.5. The van der Waals surface area contributed by atoms with Gasteiger partial charge in [-0.3, -0.25) is 14.4 Å². The Hall–Kier alpha value is -2.69. The molecule has 0 bridgehead atoms. The highest BCUT2D eigenvalue weighted by Crippen LogP contribution is 2.24. The van der Waals surface area contributed by atoms with Crippen LogP contribution in [0.3, 0.4) is 0 Å². The van der Waals surface area contributed by atoms with Crippen molar-refractivity contribution in [2.45, 2.75) is 33.1 Å². The molecule has 5 heteroatoms. The summed E-state index contributed by atoms with van der Waals surface area (Å²) in [6.07, 6.45) is 1.86. The molecule has 5 nitrogen and oxygen atoms in total. The molecule has 0 saturated heterocycles. The molecule has 3 rings (SSSR count). The van der Waals surface area contributed by atoms with Crippen molar-refractivity contribution in [3.8, 4) is 0 Å². The number of para-hydroxylation sites is 1. The third-order valence-electron chi connectivity index (χ3n) is 4.40. The van der Waals surface area contributed by atoms with Crippen LogP contribution in [-0.4, -0.2) is 16.7 Å². The second kappa shape index (κ2) is 6.43. The SMILES string of the molecule is CCc1ccccc1NC(=O)c1cc2c([nH]c1=O)CC(C)CC2=O. The number of rotatable bonds is 3. The normalized spacial score (nSPS) is 16.6. The first-order valence-corrected chi connectivity index (χ1v) is 8.18. The molecular formula is C19H20N2O3. The summed E-state index contributed by atoms with van der Waals surface area (Å²) in [5, 5.41) is 2.78. The van der Waals surface area contributed by atoms with E-state index in [-0.39, 0.29) is 17.3 Å². The number of aromatic amines is 1. The number of pyridine rings is 1. The van der Waals surface area contributed by atoms with E-state index in [9.17, 15) is 14.4 Å². The van der Waals surface area contributed by atoms with Crippen LogP contribution in [0.2, 0.25) is 0 Å². The molecular weight excluding hydrogens is 304 g/mol. The molecule has 2 N–H and O–H groups in total. The number of Topliss-reactive ketones (excluding diaryl/α,β-unsaturated/α-hetero) is 1. The van der Waals surface area contributed by atoms with Gasteiger partial charge in [0.15, 0.2) is 5.78 Å². The predicted octanol–water partition coefficient (Wildman–Crippen LogP) is 2.95. The van der Waals surface area contributed by atoms with Crippen LogP contribution in [0.25, 0.3) is 0 Å². The summed E-state index contributed by atoms with van der Waals surface area (Å²) < 4.78 is 0. The lowest BCUT2D eigenvalue weighted by Crippen LogP contribution is -2.29. The van der Waals surface area contributed by atoms with Gasteiger partial charge in [0.05, 0.1) is 0 Å². The average Bonchev–Trinajstić information content (AvgIpc) is 2.54. The monoisotopic (exact) mass is 324 g/mol. The average molecular weight is 324 g/mol. The number of hydrogen-bond acceptors (Lipinski definition) is 3. The fourth-order valence-corrected chi connectivity index (χ4v) is 3.13. The van der Waals surface area contributed by atoms with Crippen LogP contribution >= 0.6 is 0 Å². The minimum Gasteiger partial charge on any atom is -0.325 e. The minimum absolute atomic E-state index is 0.0250. The van der Waals surface area contributed by atoms with Gasteiger partial charge < -0.3 is 10.3 Å². The highest BCUT2D eigenvalue weighted by Gasteiger charge is 2.25. The van der Waals surface area contributed by atoms with Gasteiger partial charge in [-0.15, -0.1) is 0 Å². The van der Waals surface area contributed by atoms with Crippen molar-refractivity contribution in [2.24, 2.45) is 5.92 Å². The molecule has 24 heavy (non-hydrogen) atoms. The highest BCUT2D eigenvalue weighted by molar-refractivity contribution is 6.07. The van der Waals surface area contributed by atoms with E-state index in [1.54, 1.807) is 6.07 Å². The van der Waals surface area contributed by atoms with E-state index in [1.807, 2.05) is 32.0 Å². The van der Waals surface area contributed by atoms with Crippen LogP contribution in [0.1, 0.15) is 52.2 Å². The zero-order valence-electron chi connectivity index (χ0n) is 13.8. The van der Waals surface area contributed by atoms with Gasteiger partial charge >= 0.3 is 0 Å². The standard InChI is InChI=1S/C19H20N2O3/c1-3-12-6-4-5-7-15(12)20-18(23)14-10-13-16(21-19(14)24)8-11(2)9-17(13)22/h4-7,10-11H,3,8-9H2,1-2H3,(H,20,23)(H,21,24). The molecule has 1 heterocycles. The number of hydrogen-bond donors (Lipinski definition) is 2. The first kappa shape index (κ1) is 16.2. The molecule has 0 fully saturated rings. The molecule has 124 valence electrons. The number of aryl methyl sites for hydroxylation is 1. The summed E-state index contributed by atoms with van der Waals surface area (Å²) >= 11 is 0. The zero-order chi connectivity index (χ0) is 17.3. The van der Waals surface area contributed by atoms with Crippen molar-refractivity contribution in [3.63, 3.8) is 0 Å².